The van der Waals surface area contributed by atoms with Gasteiger partial charge < -0.3 is 0 Å². The third kappa shape index (κ3) is 2.37. The zero-order valence-corrected chi connectivity index (χ0v) is 9.00. The maximum Gasteiger partial charge on any atom is 0.276 e. The van der Waals surface area contributed by atoms with Crippen LogP contribution in [0.3, 0.4) is 0 Å². The van der Waals surface area contributed by atoms with E-state index in [1.54, 1.807) is 0 Å². The van der Waals surface area contributed by atoms with E-state index in [4.69, 9.17) is 0 Å². The van der Waals surface area contributed by atoms with E-state index in [1.165, 1.54) is 12.1 Å². The molecular weight excluding hydrogens is 303 g/mol. The van der Waals surface area contributed by atoms with Gasteiger partial charge in [0.05, 0.1) is 15.9 Å². The average molecular weight is 308 g/mol. The van der Waals surface area contributed by atoms with Gasteiger partial charge in [0.15, 0.2) is 0 Å². The van der Waals surface area contributed by atoms with Gasteiger partial charge in [0.25, 0.3) is 11.4 Å². The van der Waals surface area contributed by atoms with E-state index in [0.29, 0.717) is 9.99 Å². The molecule has 0 aliphatic carbocycles. The van der Waals surface area contributed by atoms with Gasteiger partial charge in [-0.25, -0.2) is 0 Å². The van der Waals surface area contributed by atoms with Crippen LogP contribution in [0.25, 0.3) is 0 Å². The lowest BCUT2D eigenvalue weighted by atomic mass is 10.2. The minimum Gasteiger partial charge on any atom is -0.258 e. The highest BCUT2D eigenvalue weighted by molar-refractivity contribution is 14.1. The van der Waals surface area contributed by atoms with Crippen molar-refractivity contribution in [3.8, 4) is 0 Å². The molecular formula is C7H5IN2O4. The van der Waals surface area contributed by atoms with Crippen molar-refractivity contribution < 1.29 is 9.85 Å². The maximum atomic E-state index is 10.4. The minimum atomic E-state index is -0.636. The van der Waals surface area contributed by atoms with Gasteiger partial charge in [0, 0.05) is 16.6 Å². The van der Waals surface area contributed by atoms with Crippen molar-refractivity contribution in [2.45, 2.75) is 4.43 Å². The molecule has 1 aromatic rings. The van der Waals surface area contributed by atoms with Crippen molar-refractivity contribution in [3.63, 3.8) is 0 Å². The Morgan fingerprint density at radius 2 is 1.50 bits per heavy atom. The van der Waals surface area contributed by atoms with Crippen LogP contribution in [0.2, 0.25) is 0 Å². The van der Waals surface area contributed by atoms with Crippen LogP contribution >= 0.6 is 22.6 Å². The zero-order valence-electron chi connectivity index (χ0n) is 6.84. The van der Waals surface area contributed by atoms with Crippen molar-refractivity contribution in [2.75, 3.05) is 0 Å². The molecule has 1 rings (SSSR count). The van der Waals surface area contributed by atoms with Gasteiger partial charge in [-0.3, -0.25) is 20.2 Å². The zero-order chi connectivity index (χ0) is 10.7. The van der Waals surface area contributed by atoms with Crippen LogP contribution in [0.5, 0.6) is 0 Å². The lowest BCUT2D eigenvalue weighted by Gasteiger charge is -1.96. The molecule has 0 amide bonds. The van der Waals surface area contributed by atoms with Crippen LogP contribution in [0, 0.1) is 20.2 Å². The first-order valence-electron chi connectivity index (χ1n) is 3.53. The summed E-state index contributed by atoms with van der Waals surface area (Å²) in [4.78, 5) is 19.6. The summed E-state index contributed by atoms with van der Waals surface area (Å²) in [5.74, 6) is 0. The van der Waals surface area contributed by atoms with E-state index in [9.17, 15) is 20.2 Å². The fourth-order valence-electron chi connectivity index (χ4n) is 0.944. The monoisotopic (exact) mass is 308 g/mol. The van der Waals surface area contributed by atoms with E-state index < -0.39 is 9.85 Å². The number of halogens is 1. The second kappa shape index (κ2) is 4.31. The van der Waals surface area contributed by atoms with Gasteiger partial charge in [-0.15, -0.1) is 0 Å². The molecule has 14 heavy (non-hydrogen) atoms. The third-order valence-corrected chi connectivity index (χ3v) is 2.42. The minimum absolute atomic E-state index is 0.245. The highest BCUT2D eigenvalue weighted by atomic mass is 127. The maximum absolute atomic E-state index is 10.4. The predicted octanol–water partition coefficient (Wildman–Crippen LogP) is 2.44. The van der Waals surface area contributed by atoms with E-state index in [0.717, 1.165) is 6.07 Å². The van der Waals surface area contributed by atoms with Gasteiger partial charge in [0.1, 0.15) is 0 Å². The first-order valence-corrected chi connectivity index (χ1v) is 5.06. The molecule has 0 fully saturated rings. The van der Waals surface area contributed by atoms with E-state index in [2.05, 4.69) is 0 Å². The van der Waals surface area contributed by atoms with Crippen LogP contribution in [-0.2, 0) is 4.43 Å². The number of hydrogen-bond donors (Lipinski definition) is 0. The predicted molar refractivity (Wildman–Crippen MR) is 57.5 cm³/mol. The van der Waals surface area contributed by atoms with Crippen molar-refractivity contribution in [3.05, 3.63) is 44.0 Å². The molecule has 0 heterocycles. The van der Waals surface area contributed by atoms with Gasteiger partial charge in [-0.05, 0) is 5.56 Å². The summed E-state index contributed by atoms with van der Waals surface area (Å²) in [7, 11) is 0. The summed E-state index contributed by atoms with van der Waals surface area (Å²) in [6, 6.07) is 3.62. The quantitative estimate of drug-likeness (QED) is 0.371. The lowest BCUT2D eigenvalue weighted by Crippen LogP contribution is -1.94. The summed E-state index contributed by atoms with van der Waals surface area (Å²) in [6.45, 7) is 0. The normalized spacial score (nSPS) is 9.79. The molecule has 0 spiro atoms. The molecule has 0 saturated carbocycles. The SMILES string of the molecule is O=[N+]([O-])c1cc(CI)cc([N+](=O)[O-])c1. The standard InChI is InChI=1S/C7H5IN2O4/c8-4-5-1-6(9(11)12)3-7(2-5)10(13)14/h1-3H,4H2. The Balaban J connectivity index is 3.27. The van der Waals surface area contributed by atoms with Crippen LogP contribution < -0.4 is 0 Å². The number of benzene rings is 1. The molecule has 7 heteroatoms. The molecule has 1 aromatic carbocycles. The van der Waals surface area contributed by atoms with Crippen LogP contribution in [-0.4, -0.2) is 9.85 Å². The Kier molecular flexibility index (Phi) is 3.33. The fraction of sp³-hybridized carbons (Fsp3) is 0.143. The largest absolute Gasteiger partial charge is 0.276 e. The number of nitro benzene ring substituents is 2. The average Bonchev–Trinajstić information content (AvgIpc) is 2.16. The Bertz CT molecular complexity index is 361. The molecule has 0 aliphatic heterocycles. The third-order valence-electron chi connectivity index (χ3n) is 1.54. The van der Waals surface area contributed by atoms with Gasteiger partial charge in [-0.1, -0.05) is 22.6 Å². The molecule has 0 atom stereocenters. The molecule has 74 valence electrons. The number of nitrogens with zero attached hydrogens (tertiary/aromatic N) is 2. The van der Waals surface area contributed by atoms with Crippen LogP contribution in [0.4, 0.5) is 11.4 Å². The Hall–Kier alpha value is -1.25. The van der Waals surface area contributed by atoms with Gasteiger partial charge >= 0.3 is 0 Å². The van der Waals surface area contributed by atoms with E-state index in [1.807, 2.05) is 22.6 Å². The highest BCUT2D eigenvalue weighted by Crippen LogP contribution is 2.23. The number of rotatable bonds is 3. The first kappa shape index (κ1) is 10.8. The summed E-state index contributed by atoms with van der Waals surface area (Å²) >= 11 is 1.99. The molecule has 0 N–H and O–H groups in total. The number of non-ortho nitro benzene ring substituents is 2. The van der Waals surface area contributed by atoms with Crippen molar-refractivity contribution >= 4 is 34.0 Å². The molecule has 0 bridgehead atoms. The van der Waals surface area contributed by atoms with Crippen molar-refractivity contribution in [1.29, 1.82) is 0 Å². The topological polar surface area (TPSA) is 86.3 Å². The van der Waals surface area contributed by atoms with Crippen LogP contribution in [0.1, 0.15) is 5.56 Å². The Labute approximate surface area is 92.4 Å². The Morgan fingerprint density at radius 1 is 1.07 bits per heavy atom. The lowest BCUT2D eigenvalue weighted by molar-refractivity contribution is -0.394. The molecule has 0 saturated heterocycles. The highest BCUT2D eigenvalue weighted by Gasteiger charge is 2.15. The number of hydrogen-bond acceptors (Lipinski definition) is 4. The van der Waals surface area contributed by atoms with Gasteiger partial charge in [-0.2, -0.15) is 0 Å². The summed E-state index contributed by atoms with van der Waals surface area (Å²) in [5, 5.41) is 20.8. The molecule has 0 aromatic heterocycles. The second-order valence-corrected chi connectivity index (χ2v) is 3.27. The van der Waals surface area contributed by atoms with Crippen LogP contribution in [0.15, 0.2) is 18.2 Å². The summed E-state index contributed by atoms with van der Waals surface area (Å²) in [6.07, 6.45) is 0. The second-order valence-electron chi connectivity index (χ2n) is 2.51. The summed E-state index contributed by atoms with van der Waals surface area (Å²) < 4.78 is 0.500. The smallest absolute Gasteiger partial charge is 0.258 e. The molecule has 0 aliphatic rings. The Morgan fingerprint density at radius 3 is 1.79 bits per heavy atom. The van der Waals surface area contributed by atoms with Gasteiger partial charge in [0.2, 0.25) is 0 Å². The molecule has 6 nitrogen and oxygen atoms in total. The van der Waals surface area contributed by atoms with Crippen molar-refractivity contribution in [1.82, 2.24) is 0 Å². The van der Waals surface area contributed by atoms with E-state index in [-0.39, 0.29) is 11.4 Å². The fourth-order valence-corrected chi connectivity index (χ4v) is 1.38. The molecule has 0 radical (unpaired) electrons. The number of nitro groups is 2. The van der Waals surface area contributed by atoms with Crippen molar-refractivity contribution in [2.24, 2.45) is 0 Å². The summed E-state index contributed by atoms with van der Waals surface area (Å²) in [5.41, 5.74) is 0.0863. The van der Waals surface area contributed by atoms with E-state index >= 15 is 0 Å². The molecule has 0 unspecified atom stereocenters. The number of alkyl halides is 1. The first-order chi connectivity index (χ1) is 6.54.